The molecule has 43 heavy (non-hydrogen) atoms. The molecule has 1 unspecified atom stereocenters. The highest BCUT2D eigenvalue weighted by Crippen LogP contribution is 2.43. The van der Waals surface area contributed by atoms with E-state index in [1.807, 2.05) is 5.32 Å². The van der Waals surface area contributed by atoms with Crippen LogP contribution in [0.5, 0.6) is 0 Å². The molecule has 16 heteroatoms. The van der Waals surface area contributed by atoms with Gasteiger partial charge in [0, 0.05) is 13.8 Å². The molecule has 0 spiro atoms. The zero-order valence-electron chi connectivity index (χ0n) is 23.7. The number of carbonyl (C=O) groups is 8. The molecule has 0 saturated carbocycles. The predicted octanol–water partition coefficient (Wildman–Crippen LogP) is -0.721. The summed E-state index contributed by atoms with van der Waals surface area (Å²) in [5.41, 5.74) is -4.06. The van der Waals surface area contributed by atoms with Crippen LogP contribution in [-0.2, 0) is 52.5 Å². The SMILES string of the molecule is COC(=O)C(C(=O)OC)C1=C[N+](C(=O)c2ccccc2)([C@@H]2O[C@H](COC(C)=O)[C@@H](OC(C)=O)[C@]2(O)C(C)=O)C(=O)NC1=O. The highest BCUT2D eigenvalue weighted by molar-refractivity contribution is 6.15. The highest BCUT2D eigenvalue weighted by Gasteiger charge is 2.74. The summed E-state index contributed by atoms with van der Waals surface area (Å²) in [6.45, 7) is 2.12. The van der Waals surface area contributed by atoms with Crippen LogP contribution in [0, 0.1) is 5.92 Å². The number of amides is 4. The zero-order valence-corrected chi connectivity index (χ0v) is 23.7. The number of hydrogen-bond donors (Lipinski definition) is 2. The van der Waals surface area contributed by atoms with E-state index in [1.165, 1.54) is 30.3 Å². The Balaban J connectivity index is 2.43. The molecule has 4 amide bonds. The standard InChI is InChI=1S/C27H28N2O14/c1-13(30)27(38)20(42-15(3)32)18(12-41-14(2)31)43-25(27)29(22(34)16-9-7-6-8-10-16)11-17(21(33)28-26(29)37)19(23(35)39-4)24(36)40-5/h6-11,18-20,25,38H,12H2,1-5H3/p+1/t18-,20-,25-,27-,29?/m1/s1. The van der Waals surface area contributed by atoms with Crippen molar-refractivity contribution < 1.29 is 71.6 Å². The Kier molecular flexibility index (Phi) is 9.59. The molecular weight excluding hydrogens is 576 g/mol. The minimum Gasteiger partial charge on any atom is -0.468 e. The first-order chi connectivity index (χ1) is 20.2. The number of nitrogens with one attached hydrogen (secondary N) is 1. The van der Waals surface area contributed by atoms with Gasteiger partial charge >= 0.3 is 35.8 Å². The van der Waals surface area contributed by atoms with Gasteiger partial charge in [0.05, 0.1) is 25.4 Å². The van der Waals surface area contributed by atoms with Crippen molar-refractivity contribution in [2.45, 2.75) is 44.8 Å². The molecule has 1 aromatic carbocycles. The Hall–Kier alpha value is -4.80. The normalized spacial score (nSPS) is 26.6. The lowest BCUT2D eigenvalue weighted by Gasteiger charge is -2.41. The number of Topliss-reactive ketones (excluding diaryl/α,β-unsaturated/α-hetero) is 1. The average molecular weight is 606 g/mol. The number of benzene rings is 1. The number of methoxy groups -OCH3 is 2. The number of nitrogens with zero attached hydrogens (tertiary/aromatic N) is 1. The van der Waals surface area contributed by atoms with E-state index in [0.29, 0.717) is 6.20 Å². The van der Waals surface area contributed by atoms with E-state index in [9.17, 15) is 43.5 Å². The second kappa shape index (κ2) is 12.6. The van der Waals surface area contributed by atoms with Crippen molar-refractivity contribution in [3.05, 3.63) is 47.7 Å². The average Bonchev–Trinajstić information content (AvgIpc) is 3.25. The van der Waals surface area contributed by atoms with E-state index in [2.05, 4.69) is 9.47 Å². The number of aliphatic hydroxyl groups is 1. The molecular formula is C27H29N2O14+. The van der Waals surface area contributed by atoms with Crippen molar-refractivity contribution in [2.24, 2.45) is 5.92 Å². The van der Waals surface area contributed by atoms with Crippen LogP contribution < -0.4 is 5.32 Å². The summed E-state index contributed by atoms with van der Waals surface area (Å²) in [7, 11) is 1.81. The Morgan fingerprint density at radius 2 is 1.56 bits per heavy atom. The zero-order chi connectivity index (χ0) is 32.3. The highest BCUT2D eigenvalue weighted by atomic mass is 16.6. The van der Waals surface area contributed by atoms with Crippen molar-refractivity contribution in [3.8, 4) is 0 Å². The number of quaternary nitrogens is 1. The van der Waals surface area contributed by atoms with Gasteiger partial charge in [-0.1, -0.05) is 18.2 Å². The van der Waals surface area contributed by atoms with Crippen molar-refractivity contribution >= 4 is 47.5 Å². The van der Waals surface area contributed by atoms with Gasteiger partial charge in [0.1, 0.15) is 18.9 Å². The Morgan fingerprint density at radius 1 is 0.977 bits per heavy atom. The number of ketones is 1. The van der Waals surface area contributed by atoms with E-state index >= 15 is 0 Å². The second-order valence-electron chi connectivity index (χ2n) is 9.51. The van der Waals surface area contributed by atoms with Crippen LogP contribution in [0.25, 0.3) is 0 Å². The number of esters is 4. The second-order valence-corrected chi connectivity index (χ2v) is 9.51. The van der Waals surface area contributed by atoms with Gasteiger partial charge in [-0.15, -0.1) is 4.48 Å². The predicted molar refractivity (Wildman–Crippen MR) is 137 cm³/mol. The number of imide groups is 2. The summed E-state index contributed by atoms with van der Waals surface area (Å²) in [5, 5.41) is 13.8. The van der Waals surface area contributed by atoms with Gasteiger partial charge in [-0.3, -0.25) is 28.8 Å². The minimum atomic E-state index is -3.02. The van der Waals surface area contributed by atoms with E-state index in [-0.39, 0.29) is 5.56 Å². The van der Waals surface area contributed by atoms with Crippen LogP contribution in [0.2, 0.25) is 0 Å². The first kappa shape index (κ1) is 32.7. The Labute approximate surface area is 244 Å². The molecule has 2 heterocycles. The first-order valence-electron chi connectivity index (χ1n) is 12.6. The minimum absolute atomic E-state index is 0.211. The van der Waals surface area contributed by atoms with Crippen LogP contribution >= 0.6 is 0 Å². The third-order valence-electron chi connectivity index (χ3n) is 6.83. The quantitative estimate of drug-likeness (QED) is 0.154. The third kappa shape index (κ3) is 5.79. The monoisotopic (exact) mass is 605 g/mol. The number of ether oxygens (including phenoxy) is 5. The molecule has 2 N–H and O–H groups in total. The molecule has 16 nitrogen and oxygen atoms in total. The Bertz CT molecular complexity index is 1390. The van der Waals surface area contributed by atoms with Crippen LogP contribution in [0.3, 0.4) is 0 Å². The molecule has 1 aromatic rings. The molecule has 0 aromatic heterocycles. The van der Waals surface area contributed by atoms with E-state index in [0.717, 1.165) is 35.0 Å². The van der Waals surface area contributed by atoms with E-state index in [1.54, 1.807) is 0 Å². The molecule has 2 aliphatic heterocycles. The van der Waals surface area contributed by atoms with Gasteiger partial charge in [-0.25, -0.2) is 14.9 Å². The summed E-state index contributed by atoms with van der Waals surface area (Å²) in [6, 6.07) is 5.43. The van der Waals surface area contributed by atoms with Gasteiger partial charge in [-0.05, 0) is 19.1 Å². The maximum Gasteiger partial charge on any atom is 0.438 e. The van der Waals surface area contributed by atoms with Crippen LogP contribution in [-0.4, -0.2) is 102 Å². The summed E-state index contributed by atoms with van der Waals surface area (Å²) in [6.07, 6.45) is -5.36. The van der Waals surface area contributed by atoms with E-state index in [4.69, 9.17) is 14.2 Å². The molecule has 1 fully saturated rings. The summed E-state index contributed by atoms with van der Waals surface area (Å²) < 4.78 is 23.4. The van der Waals surface area contributed by atoms with Gasteiger partial charge in [0.15, 0.2) is 17.8 Å². The summed E-state index contributed by atoms with van der Waals surface area (Å²) >= 11 is 0. The molecule has 2 aliphatic rings. The number of rotatable bonds is 9. The molecule has 0 bridgehead atoms. The molecule has 0 radical (unpaired) electrons. The van der Waals surface area contributed by atoms with E-state index < -0.39 is 94.1 Å². The van der Waals surface area contributed by atoms with Crippen molar-refractivity contribution in [1.29, 1.82) is 0 Å². The fourth-order valence-corrected chi connectivity index (χ4v) is 4.83. The lowest BCUT2D eigenvalue weighted by atomic mass is 9.87. The van der Waals surface area contributed by atoms with Crippen molar-refractivity contribution in [1.82, 2.24) is 5.32 Å². The lowest BCUT2D eigenvalue weighted by Crippen LogP contribution is -2.73. The number of carbonyl (C=O) groups excluding carboxylic acids is 8. The smallest absolute Gasteiger partial charge is 0.438 e. The summed E-state index contributed by atoms with van der Waals surface area (Å²) in [4.78, 5) is 103. The first-order valence-corrected chi connectivity index (χ1v) is 12.6. The van der Waals surface area contributed by atoms with Crippen LogP contribution in [0.15, 0.2) is 42.1 Å². The largest absolute Gasteiger partial charge is 0.468 e. The topological polar surface area (TPSA) is 215 Å². The number of urea groups is 1. The van der Waals surface area contributed by atoms with Gasteiger partial charge < -0.3 is 28.8 Å². The maximum atomic E-state index is 14.3. The van der Waals surface area contributed by atoms with Gasteiger partial charge in [0.25, 0.3) is 12.1 Å². The number of hydrogen-bond acceptors (Lipinski definition) is 14. The third-order valence-corrected chi connectivity index (χ3v) is 6.83. The molecule has 3 rings (SSSR count). The molecule has 5 atom stereocenters. The molecule has 230 valence electrons. The molecule has 0 aliphatic carbocycles. The Morgan fingerprint density at radius 3 is 2.05 bits per heavy atom. The molecule has 1 saturated heterocycles. The lowest BCUT2D eigenvalue weighted by molar-refractivity contribution is -0.781. The fraction of sp³-hybridized carbons (Fsp3) is 0.407. The van der Waals surface area contributed by atoms with Crippen LogP contribution in [0.4, 0.5) is 4.79 Å². The summed E-state index contributed by atoms with van der Waals surface area (Å²) in [5.74, 6) is -10.3. The fourth-order valence-electron chi connectivity index (χ4n) is 4.83. The van der Waals surface area contributed by atoms with Gasteiger partial charge in [-0.2, -0.15) is 0 Å². The maximum absolute atomic E-state index is 14.3. The van der Waals surface area contributed by atoms with Gasteiger partial charge in [0.2, 0.25) is 5.60 Å². The van der Waals surface area contributed by atoms with Crippen LogP contribution in [0.1, 0.15) is 31.1 Å². The van der Waals surface area contributed by atoms with Crippen molar-refractivity contribution in [2.75, 3.05) is 20.8 Å². The van der Waals surface area contributed by atoms with Crippen molar-refractivity contribution in [3.63, 3.8) is 0 Å².